The number of aromatic nitrogens is 4. The van der Waals surface area contributed by atoms with Crippen molar-refractivity contribution in [3.05, 3.63) is 41.8 Å². The first-order valence-electron chi connectivity index (χ1n) is 6.69. The Hall–Kier alpha value is -2.67. The first-order valence-corrected chi connectivity index (χ1v) is 7.06. The number of rotatable bonds is 3. The van der Waals surface area contributed by atoms with Gasteiger partial charge in [0.1, 0.15) is 5.15 Å². The second kappa shape index (κ2) is 5.98. The van der Waals surface area contributed by atoms with Gasteiger partial charge in [0.15, 0.2) is 5.65 Å². The zero-order chi connectivity index (χ0) is 15.5. The van der Waals surface area contributed by atoms with Gasteiger partial charge in [-0.3, -0.25) is 10.3 Å². The number of pyridine rings is 2. The molecule has 7 nitrogen and oxygen atoms in total. The summed E-state index contributed by atoms with van der Waals surface area (Å²) in [6, 6.07) is 7.02. The van der Waals surface area contributed by atoms with E-state index in [2.05, 4.69) is 25.7 Å². The molecular formula is C14H13ClN6O. The Balaban J connectivity index is 1.98. The number of fused-ring (bicyclic) bond motifs is 1. The van der Waals surface area contributed by atoms with Gasteiger partial charge in [-0.2, -0.15) is 4.98 Å². The molecule has 0 fully saturated rings. The molecule has 0 unspecified atom stereocenters. The van der Waals surface area contributed by atoms with Gasteiger partial charge in [0.25, 0.3) is 5.95 Å². The van der Waals surface area contributed by atoms with Crippen LogP contribution >= 0.6 is 11.6 Å². The molecule has 0 saturated carbocycles. The fourth-order valence-corrected chi connectivity index (χ4v) is 2.25. The van der Waals surface area contributed by atoms with Crippen LogP contribution in [0.25, 0.3) is 16.8 Å². The largest absolute Gasteiger partial charge is 0.338 e. The van der Waals surface area contributed by atoms with E-state index in [0.29, 0.717) is 17.3 Å². The van der Waals surface area contributed by atoms with Crippen molar-refractivity contribution in [2.75, 3.05) is 11.9 Å². The molecule has 2 amide bonds. The van der Waals surface area contributed by atoms with Crippen molar-refractivity contribution in [3.63, 3.8) is 0 Å². The molecule has 3 aromatic rings. The Labute approximate surface area is 131 Å². The van der Waals surface area contributed by atoms with Gasteiger partial charge in [-0.1, -0.05) is 17.7 Å². The molecule has 0 spiro atoms. The van der Waals surface area contributed by atoms with Crippen molar-refractivity contribution in [3.8, 4) is 11.1 Å². The Morgan fingerprint density at radius 3 is 2.95 bits per heavy atom. The Morgan fingerprint density at radius 1 is 1.36 bits per heavy atom. The van der Waals surface area contributed by atoms with E-state index in [-0.39, 0.29) is 12.0 Å². The molecule has 8 heteroatoms. The monoisotopic (exact) mass is 316 g/mol. The summed E-state index contributed by atoms with van der Waals surface area (Å²) < 4.78 is 1.46. The quantitative estimate of drug-likeness (QED) is 0.727. The van der Waals surface area contributed by atoms with Crippen LogP contribution in [-0.4, -0.2) is 32.2 Å². The fraction of sp³-hybridized carbons (Fsp3) is 0.143. The lowest BCUT2D eigenvalue weighted by molar-refractivity contribution is 0.252. The number of carbonyl (C=O) groups is 1. The minimum Gasteiger partial charge on any atom is -0.338 e. The van der Waals surface area contributed by atoms with E-state index >= 15 is 0 Å². The van der Waals surface area contributed by atoms with Crippen LogP contribution in [-0.2, 0) is 0 Å². The van der Waals surface area contributed by atoms with Gasteiger partial charge in [0.2, 0.25) is 0 Å². The lowest BCUT2D eigenvalue weighted by Gasteiger charge is -2.02. The van der Waals surface area contributed by atoms with E-state index < -0.39 is 0 Å². The highest BCUT2D eigenvalue weighted by molar-refractivity contribution is 6.30. The molecule has 3 aromatic heterocycles. The molecule has 0 atom stereocenters. The van der Waals surface area contributed by atoms with Crippen LogP contribution in [0.4, 0.5) is 10.7 Å². The number of urea groups is 1. The lowest BCUT2D eigenvalue weighted by atomic mass is 10.1. The number of nitrogens with zero attached hydrogens (tertiary/aromatic N) is 4. The summed E-state index contributed by atoms with van der Waals surface area (Å²) in [5.41, 5.74) is 2.34. The third kappa shape index (κ3) is 2.84. The maximum atomic E-state index is 11.5. The van der Waals surface area contributed by atoms with E-state index in [1.807, 2.05) is 25.1 Å². The van der Waals surface area contributed by atoms with E-state index in [1.165, 1.54) is 4.52 Å². The maximum Gasteiger partial charge on any atom is 0.321 e. The normalized spacial score (nSPS) is 10.6. The number of halogens is 1. The third-order valence-corrected chi connectivity index (χ3v) is 3.22. The highest BCUT2D eigenvalue weighted by Crippen LogP contribution is 2.24. The molecular weight excluding hydrogens is 304 g/mol. The van der Waals surface area contributed by atoms with Crippen LogP contribution in [0.1, 0.15) is 6.92 Å². The molecule has 0 radical (unpaired) electrons. The molecule has 2 N–H and O–H groups in total. The van der Waals surface area contributed by atoms with Gasteiger partial charge in [-0.05, 0) is 30.7 Å². The van der Waals surface area contributed by atoms with Crippen molar-refractivity contribution in [2.24, 2.45) is 0 Å². The average Bonchev–Trinajstić information content (AvgIpc) is 2.91. The van der Waals surface area contributed by atoms with Gasteiger partial charge >= 0.3 is 6.03 Å². The summed E-state index contributed by atoms with van der Waals surface area (Å²) in [5.74, 6) is 0.191. The lowest BCUT2D eigenvalue weighted by Crippen LogP contribution is -2.28. The molecule has 0 aliphatic rings. The standard InChI is InChI=1S/C14H13ClN6O/c1-2-17-14(22)19-13-18-12-7-10(6-11(15)21(12)20-13)9-4-3-5-16-8-9/h3-8H,2H2,1H3,(H2,17,19,20,22). The van der Waals surface area contributed by atoms with E-state index in [0.717, 1.165) is 11.1 Å². The van der Waals surface area contributed by atoms with Crippen LogP contribution in [0, 0.1) is 0 Å². The van der Waals surface area contributed by atoms with Crippen molar-refractivity contribution < 1.29 is 4.79 Å². The van der Waals surface area contributed by atoms with Gasteiger partial charge < -0.3 is 5.32 Å². The summed E-state index contributed by atoms with van der Waals surface area (Å²) in [4.78, 5) is 19.9. The summed E-state index contributed by atoms with van der Waals surface area (Å²) >= 11 is 6.23. The second-order valence-electron chi connectivity index (χ2n) is 4.50. The molecule has 3 heterocycles. The van der Waals surface area contributed by atoms with E-state index in [4.69, 9.17) is 11.6 Å². The number of amides is 2. The summed E-state index contributed by atoms with van der Waals surface area (Å²) in [7, 11) is 0. The van der Waals surface area contributed by atoms with Crippen LogP contribution in [0.5, 0.6) is 0 Å². The molecule has 0 aliphatic heterocycles. The molecule has 0 aromatic carbocycles. The van der Waals surface area contributed by atoms with E-state index in [1.54, 1.807) is 18.5 Å². The number of hydrogen-bond acceptors (Lipinski definition) is 4. The third-order valence-electron chi connectivity index (χ3n) is 2.95. The Bertz CT molecular complexity index is 817. The molecule has 0 aliphatic carbocycles. The average molecular weight is 317 g/mol. The summed E-state index contributed by atoms with van der Waals surface area (Å²) in [6.45, 7) is 2.35. The smallest absolute Gasteiger partial charge is 0.321 e. The topological polar surface area (TPSA) is 84.2 Å². The van der Waals surface area contributed by atoms with Crippen molar-refractivity contribution in [1.82, 2.24) is 24.9 Å². The number of hydrogen-bond donors (Lipinski definition) is 2. The molecule has 112 valence electrons. The van der Waals surface area contributed by atoms with Crippen molar-refractivity contribution >= 4 is 29.2 Å². The van der Waals surface area contributed by atoms with Crippen LogP contribution in [0.2, 0.25) is 5.15 Å². The summed E-state index contributed by atoms with van der Waals surface area (Å²) in [6.07, 6.45) is 3.45. The van der Waals surface area contributed by atoms with Crippen LogP contribution in [0.15, 0.2) is 36.7 Å². The van der Waals surface area contributed by atoms with Gasteiger partial charge in [-0.15, -0.1) is 5.10 Å². The Morgan fingerprint density at radius 2 is 2.23 bits per heavy atom. The minimum atomic E-state index is -0.359. The molecule has 0 bridgehead atoms. The zero-order valence-corrected chi connectivity index (χ0v) is 12.5. The second-order valence-corrected chi connectivity index (χ2v) is 4.89. The first-order chi connectivity index (χ1) is 10.7. The molecule has 0 saturated heterocycles. The highest BCUT2D eigenvalue weighted by atomic mass is 35.5. The highest BCUT2D eigenvalue weighted by Gasteiger charge is 2.11. The predicted octanol–water partition coefficient (Wildman–Crippen LogP) is 2.59. The van der Waals surface area contributed by atoms with Gasteiger partial charge in [-0.25, -0.2) is 9.31 Å². The predicted molar refractivity (Wildman–Crippen MR) is 83.9 cm³/mol. The minimum absolute atomic E-state index is 0.191. The number of anilines is 1. The molecule has 3 rings (SSSR count). The summed E-state index contributed by atoms with van der Waals surface area (Å²) in [5, 5.41) is 9.72. The number of carbonyl (C=O) groups excluding carboxylic acids is 1. The van der Waals surface area contributed by atoms with Gasteiger partial charge in [0, 0.05) is 24.5 Å². The fourth-order valence-electron chi connectivity index (χ4n) is 2.00. The van der Waals surface area contributed by atoms with E-state index in [9.17, 15) is 4.79 Å². The van der Waals surface area contributed by atoms with Crippen LogP contribution < -0.4 is 10.6 Å². The SMILES string of the molecule is CCNC(=O)Nc1nc2cc(-c3cccnc3)cc(Cl)n2n1. The zero-order valence-electron chi connectivity index (χ0n) is 11.7. The molecule has 22 heavy (non-hydrogen) atoms. The van der Waals surface area contributed by atoms with Crippen molar-refractivity contribution in [1.29, 1.82) is 0 Å². The first kappa shape index (κ1) is 14.3. The van der Waals surface area contributed by atoms with Crippen LogP contribution in [0.3, 0.4) is 0 Å². The maximum absolute atomic E-state index is 11.5. The number of nitrogens with one attached hydrogen (secondary N) is 2. The Kier molecular flexibility index (Phi) is 3.88. The van der Waals surface area contributed by atoms with Gasteiger partial charge in [0.05, 0.1) is 0 Å². The van der Waals surface area contributed by atoms with Crippen molar-refractivity contribution in [2.45, 2.75) is 6.92 Å².